The molecule has 1 aliphatic heterocycles. The molecule has 1 atom stereocenters. The average molecular weight is 586 g/mol. The number of benzene rings is 1. The van der Waals surface area contributed by atoms with E-state index in [1.807, 2.05) is 50.5 Å². The normalized spacial score (nSPS) is 14.5. The van der Waals surface area contributed by atoms with Crippen molar-refractivity contribution in [2.75, 3.05) is 43.1 Å². The highest BCUT2D eigenvalue weighted by molar-refractivity contribution is 7.22. The second-order valence-electron chi connectivity index (χ2n) is 10.6. The van der Waals surface area contributed by atoms with Crippen molar-refractivity contribution < 1.29 is 19.2 Å². The molecule has 12 heteroatoms. The van der Waals surface area contributed by atoms with Crippen LogP contribution < -0.4 is 9.80 Å². The number of aryl methyl sites for hydroxylation is 1. The van der Waals surface area contributed by atoms with E-state index in [-0.39, 0.29) is 17.6 Å². The van der Waals surface area contributed by atoms with Gasteiger partial charge in [-0.2, -0.15) is 0 Å². The lowest BCUT2D eigenvalue weighted by Crippen LogP contribution is -2.47. The van der Waals surface area contributed by atoms with Crippen LogP contribution in [0.15, 0.2) is 53.3 Å². The molecule has 1 fully saturated rings. The van der Waals surface area contributed by atoms with Gasteiger partial charge in [-0.15, -0.1) is 21.5 Å². The fraction of sp³-hybridized carbons (Fsp3) is 0.333. The van der Waals surface area contributed by atoms with Crippen molar-refractivity contribution in [2.45, 2.75) is 26.7 Å². The molecule has 1 aliphatic rings. The summed E-state index contributed by atoms with van der Waals surface area (Å²) >= 11 is 1.55. The highest BCUT2D eigenvalue weighted by Gasteiger charge is 2.31. The van der Waals surface area contributed by atoms with E-state index in [2.05, 4.69) is 42.0 Å². The van der Waals surface area contributed by atoms with Crippen LogP contribution in [0.4, 0.5) is 11.8 Å². The molecule has 0 radical (unpaired) electrons. The van der Waals surface area contributed by atoms with E-state index in [0.29, 0.717) is 28.8 Å². The summed E-state index contributed by atoms with van der Waals surface area (Å²) in [4.78, 5) is 27.8. The molecule has 1 aromatic carbocycles. The van der Waals surface area contributed by atoms with Gasteiger partial charge in [0.15, 0.2) is 11.6 Å². The number of rotatable bonds is 7. The molecule has 216 valence electrons. The summed E-state index contributed by atoms with van der Waals surface area (Å²) in [6.45, 7) is 8.85. The first-order chi connectivity index (χ1) is 20.3. The van der Waals surface area contributed by atoms with E-state index in [1.165, 1.54) is 7.11 Å². The lowest BCUT2D eigenvalue weighted by molar-refractivity contribution is -0.144. The Morgan fingerprint density at radius 3 is 2.45 bits per heavy atom. The fourth-order valence-electron chi connectivity index (χ4n) is 5.27. The van der Waals surface area contributed by atoms with Crippen molar-refractivity contribution in [3.63, 3.8) is 0 Å². The van der Waals surface area contributed by atoms with Crippen LogP contribution in [0.5, 0.6) is 5.75 Å². The van der Waals surface area contributed by atoms with Crippen molar-refractivity contribution in [3.8, 4) is 27.4 Å². The average Bonchev–Trinajstić information content (AvgIpc) is 3.62. The Balaban J connectivity index is 1.14. The van der Waals surface area contributed by atoms with Gasteiger partial charge in [0.2, 0.25) is 5.95 Å². The molecule has 42 heavy (non-hydrogen) atoms. The van der Waals surface area contributed by atoms with Gasteiger partial charge in [-0.1, -0.05) is 31.1 Å². The number of carbonyl (C=O) groups excluding carboxylic acids is 1. The first-order valence-electron chi connectivity index (χ1n) is 13.8. The molecule has 0 amide bonds. The molecule has 6 rings (SSSR count). The van der Waals surface area contributed by atoms with Crippen LogP contribution >= 0.6 is 11.3 Å². The van der Waals surface area contributed by atoms with Crippen LogP contribution in [0.2, 0.25) is 0 Å². The summed E-state index contributed by atoms with van der Waals surface area (Å²) in [6.07, 6.45) is 3.71. The number of para-hydroxylation sites is 1. The topological polar surface area (TPSA) is 131 Å². The van der Waals surface area contributed by atoms with E-state index in [0.717, 1.165) is 52.4 Å². The van der Waals surface area contributed by atoms with E-state index in [4.69, 9.17) is 9.26 Å². The molecular formula is C30H31N7O4S. The lowest BCUT2D eigenvalue weighted by Gasteiger charge is -2.34. The molecule has 4 aromatic heterocycles. The Hall–Kier alpha value is -4.58. The summed E-state index contributed by atoms with van der Waals surface area (Å²) in [5.74, 6) is 1.29. The zero-order valence-electron chi connectivity index (χ0n) is 23.8. The number of anilines is 2. The number of carbonyl (C=O) groups is 1. The van der Waals surface area contributed by atoms with E-state index >= 15 is 0 Å². The van der Waals surface area contributed by atoms with Crippen molar-refractivity contribution in [1.82, 2.24) is 25.3 Å². The number of thiophene rings is 1. The largest absolute Gasteiger partial charge is 0.507 e. The molecule has 1 unspecified atom stereocenters. The Bertz CT molecular complexity index is 1730. The minimum Gasteiger partial charge on any atom is -0.507 e. The van der Waals surface area contributed by atoms with Gasteiger partial charge in [-0.3, -0.25) is 4.79 Å². The highest BCUT2D eigenvalue weighted by Crippen LogP contribution is 2.39. The number of ether oxygens (including phenoxy) is 1. The van der Waals surface area contributed by atoms with Crippen LogP contribution in [0.3, 0.4) is 0 Å². The van der Waals surface area contributed by atoms with Gasteiger partial charge in [-0.25, -0.2) is 9.97 Å². The Morgan fingerprint density at radius 2 is 1.76 bits per heavy atom. The molecule has 5 aromatic rings. The van der Waals surface area contributed by atoms with Gasteiger partial charge < -0.3 is 24.2 Å². The molecule has 0 bridgehead atoms. The number of aromatic nitrogens is 5. The Kier molecular flexibility index (Phi) is 7.46. The van der Waals surface area contributed by atoms with Crippen LogP contribution in [-0.4, -0.2) is 69.7 Å². The minimum absolute atomic E-state index is 0.0285. The maximum absolute atomic E-state index is 12.2. The Labute approximate surface area is 246 Å². The molecular weight excluding hydrogens is 554 g/mol. The van der Waals surface area contributed by atoms with Crippen molar-refractivity contribution in [3.05, 3.63) is 60.1 Å². The SMILES string of the molecule is COC(=O)C(c1cc(N2CCN(c3ncc(-c4sc5nnc(-c6ccccc6O)cc5c4C)cn3)CC2)no1)C(C)C. The van der Waals surface area contributed by atoms with Crippen molar-refractivity contribution >= 4 is 39.3 Å². The van der Waals surface area contributed by atoms with Crippen LogP contribution in [-0.2, 0) is 9.53 Å². The minimum atomic E-state index is -0.486. The van der Waals surface area contributed by atoms with Gasteiger partial charge >= 0.3 is 5.97 Å². The number of methoxy groups -OCH3 is 1. The summed E-state index contributed by atoms with van der Waals surface area (Å²) in [6, 6.07) is 10.9. The number of fused-ring (bicyclic) bond motifs is 1. The van der Waals surface area contributed by atoms with Gasteiger partial charge in [-0.05, 0) is 36.6 Å². The van der Waals surface area contributed by atoms with Crippen molar-refractivity contribution in [1.29, 1.82) is 0 Å². The molecule has 11 nitrogen and oxygen atoms in total. The van der Waals surface area contributed by atoms with Gasteiger partial charge in [0.1, 0.15) is 16.5 Å². The quantitative estimate of drug-likeness (QED) is 0.257. The maximum Gasteiger partial charge on any atom is 0.316 e. The number of aromatic hydroxyl groups is 1. The zero-order chi connectivity index (χ0) is 29.4. The molecule has 0 saturated carbocycles. The second-order valence-corrected chi connectivity index (χ2v) is 11.6. The van der Waals surface area contributed by atoms with Gasteiger partial charge in [0.05, 0.1) is 12.8 Å². The third-order valence-electron chi connectivity index (χ3n) is 7.61. The number of piperazine rings is 1. The third-order valence-corrected chi connectivity index (χ3v) is 8.86. The van der Waals surface area contributed by atoms with Crippen LogP contribution in [0.1, 0.15) is 31.1 Å². The zero-order valence-corrected chi connectivity index (χ0v) is 24.6. The number of nitrogens with zero attached hydrogens (tertiary/aromatic N) is 7. The molecule has 0 aliphatic carbocycles. The van der Waals surface area contributed by atoms with Crippen LogP contribution in [0, 0.1) is 12.8 Å². The number of phenolic OH excluding ortho intramolecular Hbond substituents is 1. The van der Waals surface area contributed by atoms with E-state index in [1.54, 1.807) is 23.5 Å². The summed E-state index contributed by atoms with van der Waals surface area (Å²) < 4.78 is 10.5. The van der Waals surface area contributed by atoms with Gasteiger partial charge in [0, 0.05) is 66.0 Å². The Morgan fingerprint density at radius 1 is 1.05 bits per heavy atom. The first-order valence-corrected chi connectivity index (χ1v) is 14.6. The number of phenols is 1. The lowest BCUT2D eigenvalue weighted by atomic mass is 9.93. The summed E-state index contributed by atoms with van der Waals surface area (Å²) in [7, 11) is 1.38. The molecule has 1 saturated heterocycles. The predicted octanol–water partition coefficient (Wildman–Crippen LogP) is 5.06. The standard InChI is InChI=1S/C30H31N7O4S/c1-17(2)26(29(39)40-4)24-14-25(35-41-24)36-9-11-37(12-10-36)30-31-15-19(16-32-30)27-18(3)21-13-22(33-34-28(21)42-27)20-7-5-6-8-23(20)38/h5-8,13-17,26,38H,9-12H2,1-4H3. The van der Waals surface area contributed by atoms with Crippen LogP contribution in [0.25, 0.3) is 31.9 Å². The number of hydrogen-bond donors (Lipinski definition) is 1. The summed E-state index contributed by atoms with van der Waals surface area (Å²) in [5, 5.41) is 24.2. The monoisotopic (exact) mass is 585 g/mol. The number of hydrogen-bond acceptors (Lipinski definition) is 12. The van der Waals surface area contributed by atoms with E-state index in [9.17, 15) is 9.90 Å². The predicted molar refractivity (Wildman–Crippen MR) is 161 cm³/mol. The van der Waals surface area contributed by atoms with Crippen molar-refractivity contribution in [2.24, 2.45) is 5.92 Å². The van der Waals surface area contributed by atoms with Gasteiger partial charge in [0.25, 0.3) is 0 Å². The fourth-order valence-corrected chi connectivity index (χ4v) is 6.36. The number of esters is 1. The smallest absolute Gasteiger partial charge is 0.316 e. The molecule has 1 N–H and O–H groups in total. The second kappa shape index (κ2) is 11.4. The van der Waals surface area contributed by atoms with E-state index < -0.39 is 5.92 Å². The molecule has 0 spiro atoms. The maximum atomic E-state index is 12.2. The first kappa shape index (κ1) is 27.6. The molecule has 5 heterocycles. The third kappa shape index (κ3) is 5.13. The summed E-state index contributed by atoms with van der Waals surface area (Å²) in [5.41, 5.74) is 3.27. The highest BCUT2D eigenvalue weighted by atomic mass is 32.1.